The van der Waals surface area contributed by atoms with E-state index in [1.165, 1.54) is 5.57 Å². The number of aliphatic carboxylic acids is 1. The summed E-state index contributed by atoms with van der Waals surface area (Å²) in [5.74, 6) is -0.835. The first kappa shape index (κ1) is 30.4. The predicted molar refractivity (Wildman–Crippen MR) is 121 cm³/mol. The Labute approximate surface area is 221 Å². The fraction of sp³-hybridized carbons (Fsp3) is 0.769. The molecule has 7 heteroatoms. The largest absolute Gasteiger partial charge is 1.00 e. The second-order valence-corrected chi connectivity index (χ2v) is 9.64. The number of carbonyl (C=O) groups excluding carboxylic acids is 2. The molecule has 6 atom stereocenters. The van der Waals surface area contributed by atoms with Crippen molar-refractivity contribution in [2.24, 2.45) is 23.7 Å². The van der Waals surface area contributed by atoms with Crippen LogP contribution in [-0.4, -0.2) is 40.5 Å². The Bertz CT molecular complexity index is 670. The number of fused-ring (bicyclic) bond motifs is 1. The molecule has 182 valence electrons. The summed E-state index contributed by atoms with van der Waals surface area (Å²) >= 11 is 0. The molecular formula is C26H41NaO6. The maximum atomic E-state index is 12.9. The smallest absolute Gasteiger partial charge is 0.550 e. The summed E-state index contributed by atoms with van der Waals surface area (Å²) in [6, 6.07) is 0. The summed E-state index contributed by atoms with van der Waals surface area (Å²) in [5, 5.41) is 30.8. The molecule has 6 nitrogen and oxygen atoms in total. The van der Waals surface area contributed by atoms with Crippen molar-refractivity contribution in [3.63, 3.8) is 0 Å². The van der Waals surface area contributed by atoms with Crippen LogP contribution in [-0.2, 0) is 14.3 Å². The minimum Gasteiger partial charge on any atom is -0.550 e. The minimum atomic E-state index is -1.32. The molecule has 0 saturated heterocycles. The summed E-state index contributed by atoms with van der Waals surface area (Å²) in [6.45, 7) is 6.34. The number of aliphatic hydroxyl groups is 2. The number of allylic oxidation sites excluding steroid dienone is 3. The van der Waals surface area contributed by atoms with Gasteiger partial charge in [-0.15, -0.1) is 0 Å². The second kappa shape index (κ2) is 15.4. The van der Waals surface area contributed by atoms with Crippen LogP contribution in [0, 0.1) is 23.7 Å². The van der Waals surface area contributed by atoms with Gasteiger partial charge in [-0.05, 0) is 62.4 Å². The molecule has 0 spiro atoms. The monoisotopic (exact) mass is 472 g/mol. The first-order valence-corrected chi connectivity index (χ1v) is 12.4. The van der Waals surface area contributed by atoms with Crippen molar-refractivity contribution in [3.8, 4) is 0 Å². The molecule has 0 aromatic rings. The van der Waals surface area contributed by atoms with Gasteiger partial charge in [-0.25, -0.2) is 0 Å². The zero-order chi connectivity index (χ0) is 23.7. The molecule has 0 radical (unpaired) electrons. The normalized spacial score (nSPS) is 26.1. The van der Waals surface area contributed by atoms with Crippen molar-refractivity contribution in [2.75, 3.05) is 0 Å². The Morgan fingerprint density at radius 1 is 1.15 bits per heavy atom. The third-order valence-corrected chi connectivity index (χ3v) is 7.00. The van der Waals surface area contributed by atoms with E-state index >= 15 is 0 Å². The standard InChI is InChI=1S/C26H42O6.Na/c1-4-7-19(8-5-2)26(31)32-23-10-6-9-18-12-11-17(3)22(25(18)23)14-13-20(27)15-21(28)16-24(29)30;/h9,11-12,17,19-23,25,27-28H,4-8,10,13-16H2,1-3H3,(H,29,30);/q;+1/p-1/t17-,20+,21+,22-,23-,25-;/m0./s1. The van der Waals surface area contributed by atoms with Crippen molar-refractivity contribution in [1.82, 2.24) is 0 Å². The Kier molecular flexibility index (Phi) is 14.1. The molecule has 0 bridgehead atoms. The molecule has 2 rings (SSSR count). The number of aliphatic hydroxyl groups excluding tert-OH is 2. The Morgan fingerprint density at radius 3 is 2.42 bits per heavy atom. The van der Waals surface area contributed by atoms with Gasteiger partial charge in [0.1, 0.15) is 6.10 Å². The molecule has 0 saturated carbocycles. The third-order valence-electron chi connectivity index (χ3n) is 7.00. The third kappa shape index (κ3) is 9.48. The zero-order valence-electron chi connectivity index (χ0n) is 20.9. The summed E-state index contributed by atoms with van der Waals surface area (Å²) < 4.78 is 6.13. The van der Waals surface area contributed by atoms with E-state index < -0.39 is 24.6 Å². The van der Waals surface area contributed by atoms with Crippen LogP contribution >= 0.6 is 0 Å². The van der Waals surface area contributed by atoms with E-state index in [0.717, 1.165) is 38.5 Å². The van der Waals surface area contributed by atoms with Gasteiger partial charge >= 0.3 is 35.5 Å². The van der Waals surface area contributed by atoms with Crippen LogP contribution in [0.5, 0.6) is 0 Å². The molecule has 0 heterocycles. The van der Waals surface area contributed by atoms with Gasteiger partial charge in [-0.3, -0.25) is 4.79 Å². The van der Waals surface area contributed by atoms with E-state index in [4.69, 9.17) is 4.74 Å². The number of esters is 1. The topological polar surface area (TPSA) is 107 Å². The van der Waals surface area contributed by atoms with Gasteiger partial charge in [0.05, 0.1) is 18.1 Å². The fourth-order valence-corrected chi connectivity index (χ4v) is 5.37. The van der Waals surface area contributed by atoms with E-state index in [-0.39, 0.29) is 71.7 Å². The zero-order valence-corrected chi connectivity index (χ0v) is 22.9. The van der Waals surface area contributed by atoms with Crippen LogP contribution < -0.4 is 34.7 Å². The molecular weight excluding hydrogens is 431 g/mol. The van der Waals surface area contributed by atoms with Crippen LogP contribution in [0.25, 0.3) is 0 Å². The van der Waals surface area contributed by atoms with Gasteiger partial charge in [0, 0.05) is 18.3 Å². The summed E-state index contributed by atoms with van der Waals surface area (Å²) in [4.78, 5) is 23.6. The number of ether oxygens (including phenoxy) is 1. The average molecular weight is 473 g/mol. The van der Waals surface area contributed by atoms with Crippen molar-refractivity contribution < 1.29 is 59.2 Å². The number of carboxylic acids is 1. The summed E-state index contributed by atoms with van der Waals surface area (Å²) in [7, 11) is 0. The molecule has 0 aromatic heterocycles. The summed E-state index contributed by atoms with van der Waals surface area (Å²) in [5.41, 5.74) is 1.21. The van der Waals surface area contributed by atoms with Crippen LogP contribution in [0.1, 0.15) is 85.0 Å². The number of carboxylic acid groups (broad SMARTS) is 1. The predicted octanol–water partition coefficient (Wildman–Crippen LogP) is 0.309. The number of carbonyl (C=O) groups is 2. The van der Waals surface area contributed by atoms with Crippen molar-refractivity contribution in [3.05, 3.63) is 23.8 Å². The van der Waals surface area contributed by atoms with Gasteiger partial charge in [0.2, 0.25) is 0 Å². The van der Waals surface area contributed by atoms with Crippen LogP contribution in [0.4, 0.5) is 0 Å². The molecule has 2 aliphatic rings. The van der Waals surface area contributed by atoms with Crippen LogP contribution in [0.15, 0.2) is 23.8 Å². The molecule has 0 unspecified atom stereocenters. The van der Waals surface area contributed by atoms with Crippen molar-refractivity contribution >= 4 is 11.9 Å². The molecule has 0 fully saturated rings. The Morgan fingerprint density at radius 2 is 1.82 bits per heavy atom. The van der Waals surface area contributed by atoms with E-state index in [0.29, 0.717) is 12.8 Å². The van der Waals surface area contributed by atoms with Crippen LogP contribution in [0.3, 0.4) is 0 Å². The number of rotatable bonds is 13. The Hall–Kier alpha value is -0.660. The molecule has 2 aliphatic carbocycles. The van der Waals surface area contributed by atoms with Gasteiger partial charge < -0.3 is 24.9 Å². The maximum absolute atomic E-state index is 12.9. The van der Waals surface area contributed by atoms with Gasteiger partial charge in [-0.2, -0.15) is 0 Å². The van der Waals surface area contributed by atoms with Gasteiger partial charge in [0.25, 0.3) is 0 Å². The van der Waals surface area contributed by atoms with E-state index in [2.05, 4.69) is 39.0 Å². The summed E-state index contributed by atoms with van der Waals surface area (Å²) in [6.07, 6.45) is 10.6. The van der Waals surface area contributed by atoms with Crippen LogP contribution in [0.2, 0.25) is 0 Å². The fourth-order valence-electron chi connectivity index (χ4n) is 5.37. The number of hydrogen-bond donors (Lipinski definition) is 2. The van der Waals surface area contributed by atoms with Gasteiger partial charge in [0.15, 0.2) is 0 Å². The maximum Gasteiger partial charge on any atom is 1.00 e. The number of hydrogen-bond acceptors (Lipinski definition) is 6. The van der Waals surface area contributed by atoms with E-state index in [1.54, 1.807) is 0 Å². The molecule has 2 N–H and O–H groups in total. The molecule has 0 amide bonds. The van der Waals surface area contributed by atoms with E-state index in [9.17, 15) is 24.9 Å². The van der Waals surface area contributed by atoms with Crippen molar-refractivity contribution in [1.29, 1.82) is 0 Å². The minimum absolute atomic E-state index is 0. The second-order valence-electron chi connectivity index (χ2n) is 9.64. The van der Waals surface area contributed by atoms with Crippen molar-refractivity contribution in [2.45, 2.75) is 103 Å². The SMILES string of the molecule is CCCC(CCC)C(=O)O[C@H]1CCC=C2C=C[C@H](C)[C@H](CC[C@@H](O)C[C@@H](O)CC(=O)[O-])[C@H]21.[Na+]. The quantitative estimate of drug-likeness (QED) is 0.295. The van der Waals surface area contributed by atoms with E-state index in [1.807, 2.05) is 0 Å². The molecule has 0 aromatic carbocycles. The first-order valence-electron chi connectivity index (χ1n) is 12.4. The average Bonchev–Trinajstić information content (AvgIpc) is 2.72. The molecule has 33 heavy (non-hydrogen) atoms. The molecule has 0 aliphatic heterocycles. The first-order chi connectivity index (χ1) is 15.3. The Balaban J connectivity index is 0.00000544. The van der Waals surface area contributed by atoms with Gasteiger partial charge in [-0.1, -0.05) is 51.8 Å².